The molecule has 5 heteroatoms. The van der Waals surface area contributed by atoms with Gasteiger partial charge in [-0.15, -0.1) is 0 Å². The predicted octanol–water partition coefficient (Wildman–Crippen LogP) is 1.74. The number of hydrogen-bond acceptors (Lipinski definition) is 2. The van der Waals surface area contributed by atoms with Gasteiger partial charge in [-0.2, -0.15) is 17.4 Å². The Morgan fingerprint density at radius 2 is 1.75 bits per heavy atom. The van der Waals surface area contributed by atoms with Crippen LogP contribution in [0.4, 0.5) is 0 Å². The number of rotatable bonds is 5. The molecule has 16 heavy (non-hydrogen) atoms. The van der Waals surface area contributed by atoms with Gasteiger partial charge in [0, 0.05) is 20.1 Å². The number of nitrogens with one attached hydrogen (secondary N) is 1. The van der Waals surface area contributed by atoms with Gasteiger partial charge in [0.1, 0.15) is 0 Å². The quantitative estimate of drug-likeness (QED) is 0.805. The van der Waals surface area contributed by atoms with Gasteiger partial charge >= 0.3 is 0 Å². The van der Waals surface area contributed by atoms with Crippen LogP contribution in [0.2, 0.25) is 0 Å². The van der Waals surface area contributed by atoms with Gasteiger partial charge in [0.2, 0.25) is 0 Å². The van der Waals surface area contributed by atoms with E-state index < -0.39 is 10.2 Å². The molecule has 1 saturated carbocycles. The fraction of sp³-hybridized carbons (Fsp3) is 1.00. The smallest absolute Gasteiger partial charge is 0.199 e. The largest absolute Gasteiger partial charge is 0.279 e. The second-order valence-corrected chi connectivity index (χ2v) is 6.83. The van der Waals surface area contributed by atoms with Crippen molar-refractivity contribution in [2.24, 2.45) is 5.92 Å². The maximum atomic E-state index is 11.6. The van der Waals surface area contributed by atoms with E-state index in [-0.39, 0.29) is 6.04 Å². The molecule has 0 heterocycles. The van der Waals surface area contributed by atoms with E-state index in [4.69, 9.17) is 0 Å². The molecule has 0 aromatic heterocycles. The lowest BCUT2D eigenvalue weighted by atomic mass is 9.84. The Labute approximate surface area is 99.6 Å². The lowest BCUT2D eigenvalue weighted by molar-refractivity contribution is 0.294. The second-order valence-electron chi connectivity index (χ2n) is 4.91. The molecule has 0 aromatic carbocycles. The minimum atomic E-state index is -3.24. The summed E-state index contributed by atoms with van der Waals surface area (Å²) >= 11 is 0. The van der Waals surface area contributed by atoms with Crippen LogP contribution in [0.5, 0.6) is 0 Å². The summed E-state index contributed by atoms with van der Waals surface area (Å²) in [4.78, 5) is 0. The van der Waals surface area contributed by atoms with Crippen molar-refractivity contribution in [3.05, 3.63) is 0 Å². The van der Waals surface area contributed by atoms with Crippen molar-refractivity contribution in [3.8, 4) is 0 Å². The van der Waals surface area contributed by atoms with Crippen LogP contribution in [0.1, 0.15) is 45.4 Å². The molecule has 0 saturated heterocycles. The summed E-state index contributed by atoms with van der Waals surface area (Å²) in [5, 5.41) is 0. The van der Waals surface area contributed by atoms with Gasteiger partial charge in [0.15, 0.2) is 0 Å². The van der Waals surface area contributed by atoms with Gasteiger partial charge < -0.3 is 0 Å². The summed E-state index contributed by atoms with van der Waals surface area (Å²) in [6.07, 6.45) is 6.81. The zero-order chi connectivity index (χ0) is 12.2. The lowest BCUT2D eigenvalue weighted by Gasteiger charge is -2.29. The summed E-state index contributed by atoms with van der Waals surface area (Å²) in [5.74, 6) is 0.810. The highest BCUT2D eigenvalue weighted by Crippen LogP contribution is 2.28. The number of hydrogen-bond donors (Lipinski definition) is 1. The lowest BCUT2D eigenvalue weighted by Crippen LogP contribution is -2.43. The third-order valence-electron chi connectivity index (χ3n) is 3.34. The Morgan fingerprint density at radius 1 is 1.19 bits per heavy atom. The molecule has 1 rings (SSSR count). The van der Waals surface area contributed by atoms with Crippen molar-refractivity contribution < 1.29 is 8.42 Å². The van der Waals surface area contributed by atoms with E-state index in [0.717, 1.165) is 31.6 Å². The summed E-state index contributed by atoms with van der Waals surface area (Å²) in [6.45, 7) is 2.21. The molecule has 1 N–H and O–H groups in total. The first-order valence-corrected chi connectivity index (χ1v) is 7.59. The zero-order valence-electron chi connectivity index (χ0n) is 10.6. The summed E-state index contributed by atoms with van der Waals surface area (Å²) in [5.41, 5.74) is 0. The van der Waals surface area contributed by atoms with E-state index in [1.807, 2.05) is 0 Å². The molecule has 1 fully saturated rings. The van der Waals surface area contributed by atoms with Gasteiger partial charge in [-0.1, -0.05) is 19.8 Å². The second kappa shape index (κ2) is 5.98. The van der Waals surface area contributed by atoms with Crippen LogP contribution >= 0.6 is 0 Å². The van der Waals surface area contributed by atoms with Crippen molar-refractivity contribution in [2.75, 3.05) is 14.1 Å². The molecule has 0 spiro atoms. The first kappa shape index (κ1) is 13.9. The minimum absolute atomic E-state index is 0.139. The Morgan fingerprint density at radius 3 is 2.19 bits per heavy atom. The molecule has 0 aromatic rings. The van der Waals surface area contributed by atoms with E-state index in [2.05, 4.69) is 11.6 Å². The van der Waals surface area contributed by atoms with Gasteiger partial charge in [-0.05, 0) is 31.6 Å². The Hall–Kier alpha value is -0.130. The minimum Gasteiger partial charge on any atom is -0.199 e. The molecule has 1 aliphatic rings. The molecule has 0 atom stereocenters. The van der Waals surface area contributed by atoms with E-state index in [0.29, 0.717) is 0 Å². The van der Waals surface area contributed by atoms with Crippen molar-refractivity contribution in [1.29, 1.82) is 0 Å². The molecule has 0 unspecified atom stereocenters. The third-order valence-corrected chi connectivity index (χ3v) is 4.93. The van der Waals surface area contributed by atoms with Crippen LogP contribution in [0.3, 0.4) is 0 Å². The zero-order valence-corrected chi connectivity index (χ0v) is 11.4. The van der Waals surface area contributed by atoms with Crippen LogP contribution in [0.25, 0.3) is 0 Å². The first-order chi connectivity index (χ1) is 7.45. The predicted molar refractivity (Wildman–Crippen MR) is 66.4 cm³/mol. The molecular weight excluding hydrogens is 224 g/mol. The Kier molecular flexibility index (Phi) is 5.21. The van der Waals surface area contributed by atoms with Crippen molar-refractivity contribution in [1.82, 2.24) is 9.03 Å². The average molecular weight is 248 g/mol. The van der Waals surface area contributed by atoms with Crippen molar-refractivity contribution in [2.45, 2.75) is 51.5 Å². The highest BCUT2D eigenvalue weighted by atomic mass is 32.2. The van der Waals surface area contributed by atoms with E-state index in [1.54, 1.807) is 14.1 Å². The fourth-order valence-electron chi connectivity index (χ4n) is 2.29. The SMILES string of the molecule is CCCC1CCC(NS(=O)(=O)N(C)C)CC1. The topological polar surface area (TPSA) is 49.4 Å². The van der Waals surface area contributed by atoms with Crippen LogP contribution in [0, 0.1) is 5.92 Å². The summed E-state index contributed by atoms with van der Waals surface area (Å²) in [7, 11) is -0.123. The van der Waals surface area contributed by atoms with Crippen LogP contribution in [0.15, 0.2) is 0 Å². The highest BCUT2D eigenvalue weighted by molar-refractivity contribution is 7.87. The van der Waals surface area contributed by atoms with Crippen LogP contribution in [-0.4, -0.2) is 32.9 Å². The van der Waals surface area contributed by atoms with Gasteiger partial charge in [-0.3, -0.25) is 0 Å². The monoisotopic (exact) mass is 248 g/mol. The number of nitrogens with zero attached hydrogens (tertiary/aromatic N) is 1. The van der Waals surface area contributed by atoms with E-state index in [9.17, 15) is 8.42 Å². The maximum absolute atomic E-state index is 11.6. The molecule has 0 bridgehead atoms. The average Bonchev–Trinajstić information content (AvgIpc) is 2.21. The fourth-order valence-corrected chi connectivity index (χ4v) is 3.16. The standard InChI is InChI=1S/C11H24N2O2S/c1-4-5-10-6-8-11(9-7-10)12-16(14,15)13(2)3/h10-12H,4-9H2,1-3H3. The molecular formula is C11H24N2O2S. The highest BCUT2D eigenvalue weighted by Gasteiger charge is 2.25. The van der Waals surface area contributed by atoms with E-state index in [1.165, 1.54) is 17.1 Å². The van der Waals surface area contributed by atoms with Gasteiger partial charge in [-0.25, -0.2) is 0 Å². The molecule has 4 nitrogen and oxygen atoms in total. The van der Waals surface area contributed by atoms with Crippen LogP contribution < -0.4 is 4.72 Å². The normalized spacial score (nSPS) is 27.2. The molecule has 0 aliphatic heterocycles. The van der Waals surface area contributed by atoms with Crippen molar-refractivity contribution >= 4 is 10.2 Å². The van der Waals surface area contributed by atoms with E-state index >= 15 is 0 Å². The summed E-state index contributed by atoms with van der Waals surface area (Å²) in [6, 6.07) is 0.139. The molecule has 1 aliphatic carbocycles. The Balaban J connectivity index is 2.38. The van der Waals surface area contributed by atoms with Gasteiger partial charge in [0.25, 0.3) is 10.2 Å². The maximum Gasteiger partial charge on any atom is 0.279 e. The molecule has 0 radical (unpaired) electrons. The first-order valence-electron chi connectivity index (χ1n) is 6.15. The van der Waals surface area contributed by atoms with Gasteiger partial charge in [0.05, 0.1) is 0 Å². The van der Waals surface area contributed by atoms with Crippen LogP contribution in [-0.2, 0) is 10.2 Å². The Bertz CT molecular complexity index is 293. The molecule has 96 valence electrons. The van der Waals surface area contributed by atoms with Crippen molar-refractivity contribution in [3.63, 3.8) is 0 Å². The molecule has 0 amide bonds. The summed E-state index contributed by atoms with van der Waals surface area (Å²) < 4.78 is 27.2. The third kappa shape index (κ3) is 4.03.